The van der Waals surface area contributed by atoms with Gasteiger partial charge < -0.3 is 5.32 Å². The van der Waals surface area contributed by atoms with Crippen molar-refractivity contribution in [3.63, 3.8) is 0 Å². The van der Waals surface area contributed by atoms with Crippen molar-refractivity contribution >= 4 is 17.4 Å². The van der Waals surface area contributed by atoms with Crippen molar-refractivity contribution in [2.24, 2.45) is 0 Å². The van der Waals surface area contributed by atoms with Crippen molar-refractivity contribution in [3.8, 4) is 11.4 Å². The summed E-state index contributed by atoms with van der Waals surface area (Å²) in [4.78, 5) is 13.3. The molecule has 0 aromatic carbocycles. The number of rotatable bonds is 7. The Balaban J connectivity index is 2.54. The largest absolute Gasteiger partial charge is 0.417 e. The summed E-state index contributed by atoms with van der Waals surface area (Å²) in [5, 5.41) is 3.33. The highest BCUT2D eigenvalue weighted by Gasteiger charge is 2.32. The number of aromatic nitrogens is 3. The molecule has 0 spiro atoms. The molecule has 0 unspecified atom stereocenters. The smallest absolute Gasteiger partial charge is 0.366 e. The number of pyridine rings is 1. The molecule has 2 rings (SSSR count). The highest BCUT2D eigenvalue weighted by Crippen LogP contribution is 2.35. The first-order valence-corrected chi connectivity index (χ1v) is 9.52. The molecule has 0 radical (unpaired) electrons. The predicted molar refractivity (Wildman–Crippen MR) is 102 cm³/mol. The number of nitrogens with one attached hydrogen (secondary N) is 1. The lowest BCUT2D eigenvalue weighted by atomic mass is 10.1. The van der Waals surface area contributed by atoms with Gasteiger partial charge in [-0.1, -0.05) is 39.3 Å². The van der Waals surface area contributed by atoms with Crippen LogP contribution in [0.2, 0.25) is 5.02 Å². The van der Waals surface area contributed by atoms with Crippen molar-refractivity contribution < 1.29 is 13.2 Å². The summed E-state index contributed by atoms with van der Waals surface area (Å²) in [5.41, 5.74) is 1.16. The zero-order valence-electron chi connectivity index (χ0n) is 15.9. The first-order chi connectivity index (χ1) is 12.7. The van der Waals surface area contributed by atoms with Crippen LogP contribution in [0, 0.1) is 0 Å². The van der Waals surface area contributed by atoms with Gasteiger partial charge >= 0.3 is 6.18 Å². The molecule has 0 aliphatic carbocycles. The molecule has 148 valence electrons. The van der Waals surface area contributed by atoms with Crippen molar-refractivity contribution in [1.29, 1.82) is 0 Å². The Hall–Kier alpha value is -1.89. The van der Waals surface area contributed by atoms with E-state index in [2.05, 4.69) is 29.1 Å². The Morgan fingerprint density at radius 1 is 1.00 bits per heavy atom. The van der Waals surface area contributed by atoms with Gasteiger partial charge in [-0.05, 0) is 31.7 Å². The van der Waals surface area contributed by atoms with Gasteiger partial charge in [0.25, 0.3) is 0 Å². The van der Waals surface area contributed by atoms with Crippen molar-refractivity contribution in [3.05, 3.63) is 34.2 Å². The third kappa shape index (κ3) is 4.89. The standard InChI is InChI=1S/C19H24ClF3N4/c1-5-12(6-2)25-18-15(8-4)26-17(14(7-3)27-18)16-13(20)9-11(10-24-16)19(21,22)23/h9-10,12H,5-8H2,1-4H3,(H,25,27). The third-order valence-electron chi connectivity index (χ3n) is 4.43. The lowest BCUT2D eigenvalue weighted by Crippen LogP contribution is -2.20. The molecule has 0 fully saturated rings. The van der Waals surface area contributed by atoms with E-state index in [1.54, 1.807) is 0 Å². The van der Waals surface area contributed by atoms with Gasteiger partial charge in [-0.25, -0.2) is 9.97 Å². The lowest BCUT2D eigenvalue weighted by molar-refractivity contribution is -0.137. The summed E-state index contributed by atoms with van der Waals surface area (Å²) in [6.07, 6.45) is -0.613. The lowest BCUT2D eigenvalue weighted by Gasteiger charge is -2.19. The average Bonchev–Trinajstić information content (AvgIpc) is 2.64. The molecule has 2 aromatic heterocycles. The summed E-state index contributed by atoms with van der Waals surface area (Å²) in [5.74, 6) is 0.717. The molecule has 8 heteroatoms. The molecular formula is C19H24ClF3N4. The second-order valence-electron chi connectivity index (χ2n) is 6.23. The number of alkyl halides is 3. The topological polar surface area (TPSA) is 50.7 Å². The predicted octanol–water partition coefficient (Wildman–Crippen LogP) is 5.94. The van der Waals surface area contributed by atoms with Crippen LogP contribution in [0.3, 0.4) is 0 Å². The van der Waals surface area contributed by atoms with Crippen LogP contribution >= 0.6 is 11.6 Å². The molecule has 0 aliphatic rings. The van der Waals surface area contributed by atoms with Crippen molar-refractivity contribution in [2.75, 3.05) is 5.32 Å². The fraction of sp³-hybridized carbons (Fsp3) is 0.526. The monoisotopic (exact) mass is 400 g/mol. The van der Waals surface area contributed by atoms with Crippen LogP contribution in [0.25, 0.3) is 11.4 Å². The van der Waals surface area contributed by atoms with Crippen LogP contribution in [-0.4, -0.2) is 21.0 Å². The molecule has 4 nitrogen and oxygen atoms in total. The van der Waals surface area contributed by atoms with Crippen molar-refractivity contribution in [1.82, 2.24) is 15.0 Å². The molecule has 0 bridgehead atoms. The molecular weight excluding hydrogens is 377 g/mol. The molecule has 0 aliphatic heterocycles. The molecule has 0 saturated heterocycles. The van der Waals surface area contributed by atoms with Gasteiger partial charge in [0, 0.05) is 12.2 Å². The number of nitrogens with zero attached hydrogens (tertiary/aromatic N) is 3. The first-order valence-electron chi connectivity index (χ1n) is 9.14. The summed E-state index contributed by atoms with van der Waals surface area (Å²) in [6.45, 7) is 8.07. The Labute approximate surface area is 162 Å². The molecule has 0 saturated carbocycles. The van der Waals surface area contributed by atoms with E-state index in [1.165, 1.54) is 0 Å². The first kappa shape index (κ1) is 21.4. The molecule has 1 N–H and O–H groups in total. The molecule has 27 heavy (non-hydrogen) atoms. The zero-order valence-corrected chi connectivity index (χ0v) is 16.7. The zero-order chi connectivity index (χ0) is 20.2. The summed E-state index contributed by atoms with van der Waals surface area (Å²) in [7, 11) is 0. The third-order valence-corrected chi connectivity index (χ3v) is 4.72. The SMILES string of the molecule is CCc1nc(-c2ncc(C(F)(F)F)cc2Cl)c(CC)nc1NC(CC)CC. The van der Waals surface area contributed by atoms with Gasteiger partial charge in [0.2, 0.25) is 0 Å². The van der Waals surface area contributed by atoms with Gasteiger partial charge in [-0.3, -0.25) is 4.98 Å². The Morgan fingerprint density at radius 2 is 1.63 bits per heavy atom. The van der Waals surface area contributed by atoms with Gasteiger partial charge in [0.15, 0.2) is 0 Å². The van der Waals surface area contributed by atoms with Crippen molar-refractivity contribution in [2.45, 2.75) is 65.6 Å². The second kappa shape index (κ2) is 8.87. The Kier molecular flexibility index (Phi) is 7.03. The van der Waals surface area contributed by atoms with E-state index < -0.39 is 11.7 Å². The Bertz CT molecular complexity index is 789. The van der Waals surface area contributed by atoms with E-state index in [4.69, 9.17) is 16.6 Å². The van der Waals surface area contributed by atoms with Crippen LogP contribution < -0.4 is 5.32 Å². The van der Waals surface area contributed by atoms with Crippen LogP contribution in [0.1, 0.15) is 57.5 Å². The van der Waals surface area contributed by atoms with Crippen LogP contribution in [0.5, 0.6) is 0 Å². The van der Waals surface area contributed by atoms with E-state index in [1.807, 2.05) is 13.8 Å². The molecule has 0 amide bonds. The number of halogens is 4. The van der Waals surface area contributed by atoms with E-state index >= 15 is 0 Å². The molecule has 2 aromatic rings. The number of hydrogen-bond acceptors (Lipinski definition) is 4. The van der Waals surface area contributed by atoms with E-state index in [0.717, 1.165) is 36.6 Å². The van der Waals surface area contributed by atoms with Gasteiger partial charge in [-0.2, -0.15) is 13.2 Å². The number of anilines is 1. The summed E-state index contributed by atoms with van der Waals surface area (Å²) < 4.78 is 38.6. The highest BCUT2D eigenvalue weighted by atomic mass is 35.5. The number of hydrogen-bond donors (Lipinski definition) is 1. The fourth-order valence-electron chi connectivity index (χ4n) is 2.76. The minimum atomic E-state index is -4.49. The minimum absolute atomic E-state index is 0.0865. The summed E-state index contributed by atoms with van der Waals surface area (Å²) >= 11 is 6.12. The van der Waals surface area contributed by atoms with Crippen LogP contribution in [0.15, 0.2) is 12.3 Å². The molecule has 0 atom stereocenters. The average molecular weight is 401 g/mol. The Morgan fingerprint density at radius 3 is 2.11 bits per heavy atom. The maximum atomic E-state index is 12.9. The number of aryl methyl sites for hydroxylation is 2. The quantitative estimate of drug-likeness (QED) is 0.625. The summed E-state index contributed by atoms with van der Waals surface area (Å²) in [6, 6.07) is 1.17. The maximum Gasteiger partial charge on any atom is 0.417 e. The van der Waals surface area contributed by atoms with Crippen LogP contribution in [-0.2, 0) is 19.0 Å². The van der Waals surface area contributed by atoms with E-state index in [0.29, 0.717) is 24.2 Å². The maximum absolute atomic E-state index is 12.9. The fourth-order valence-corrected chi connectivity index (χ4v) is 3.01. The van der Waals surface area contributed by atoms with Gasteiger partial charge in [-0.15, -0.1) is 0 Å². The second-order valence-corrected chi connectivity index (χ2v) is 6.64. The normalized spacial score (nSPS) is 11.9. The minimum Gasteiger partial charge on any atom is -0.366 e. The van der Waals surface area contributed by atoms with Crippen LogP contribution in [0.4, 0.5) is 19.0 Å². The molecule has 2 heterocycles. The van der Waals surface area contributed by atoms with Gasteiger partial charge in [0.1, 0.15) is 17.2 Å². The van der Waals surface area contributed by atoms with Gasteiger partial charge in [0.05, 0.1) is 22.0 Å². The van der Waals surface area contributed by atoms with E-state index in [9.17, 15) is 13.2 Å². The highest BCUT2D eigenvalue weighted by molar-refractivity contribution is 6.33. The van der Waals surface area contributed by atoms with E-state index in [-0.39, 0.29) is 16.8 Å².